The molecule has 0 radical (unpaired) electrons. The van der Waals surface area contributed by atoms with Crippen LogP contribution in [0.4, 0.5) is 10.8 Å². The second kappa shape index (κ2) is 12.2. The van der Waals surface area contributed by atoms with E-state index in [-0.39, 0.29) is 18.8 Å². The molecule has 0 amide bonds. The number of benzene rings is 4. The molecule has 1 unspecified atom stereocenters. The summed E-state index contributed by atoms with van der Waals surface area (Å²) in [4.78, 5) is 29.5. The number of hydrogen-bond acceptors (Lipinski definition) is 6. The Kier molecular flexibility index (Phi) is 8.34. The number of aromatic nitrogens is 1. The van der Waals surface area contributed by atoms with E-state index in [0.717, 1.165) is 48.9 Å². The van der Waals surface area contributed by atoms with Gasteiger partial charge in [0.2, 0.25) is 0 Å². The van der Waals surface area contributed by atoms with Gasteiger partial charge in [0.15, 0.2) is 10.9 Å². The van der Waals surface area contributed by atoms with Crippen LogP contribution in [0.3, 0.4) is 0 Å². The van der Waals surface area contributed by atoms with Gasteiger partial charge >= 0.3 is 5.97 Å². The standard InChI is InChI=1S/C33H30N2O4S/c1-21-17-25(12-15-28(21)30(37)19-26(32(38)39)9-7-22-5-3-2-4-6-22)24-10-13-27(14-11-24)34-33-35-29-16-8-23(20-36)18-31(29)40-33/h2-6,8,10-18,26,36H,7,9,19-20H2,1H3,(H,34,35)(H,38,39). The minimum absolute atomic E-state index is 0.00425. The predicted octanol–water partition coefficient (Wildman–Crippen LogP) is 7.41. The molecule has 7 heteroatoms. The smallest absolute Gasteiger partial charge is 0.306 e. The van der Waals surface area contributed by atoms with Crippen LogP contribution in [0.15, 0.2) is 91.0 Å². The lowest BCUT2D eigenvalue weighted by Crippen LogP contribution is -2.19. The third-order valence-corrected chi connectivity index (χ3v) is 7.97. The molecule has 1 heterocycles. The first-order chi connectivity index (χ1) is 19.4. The van der Waals surface area contributed by atoms with Crippen LogP contribution >= 0.6 is 11.3 Å². The molecule has 5 rings (SSSR count). The Morgan fingerprint density at radius 2 is 1.65 bits per heavy atom. The van der Waals surface area contributed by atoms with Crippen molar-refractivity contribution >= 4 is 44.1 Å². The van der Waals surface area contributed by atoms with E-state index >= 15 is 0 Å². The lowest BCUT2D eigenvalue weighted by molar-refractivity contribution is -0.141. The first kappa shape index (κ1) is 27.2. The van der Waals surface area contributed by atoms with Crippen molar-refractivity contribution in [2.45, 2.75) is 32.8 Å². The van der Waals surface area contributed by atoms with Crippen LogP contribution in [0.25, 0.3) is 21.3 Å². The molecule has 0 aliphatic heterocycles. The van der Waals surface area contributed by atoms with E-state index in [0.29, 0.717) is 18.4 Å². The molecule has 3 N–H and O–H groups in total. The highest BCUT2D eigenvalue weighted by Crippen LogP contribution is 2.31. The number of aliphatic hydroxyl groups excluding tert-OH is 1. The van der Waals surface area contributed by atoms with Crippen LogP contribution in [0, 0.1) is 12.8 Å². The van der Waals surface area contributed by atoms with Gasteiger partial charge in [-0.2, -0.15) is 0 Å². The van der Waals surface area contributed by atoms with Crippen molar-refractivity contribution in [1.82, 2.24) is 4.98 Å². The van der Waals surface area contributed by atoms with Crippen LogP contribution in [-0.2, 0) is 17.8 Å². The van der Waals surface area contributed by atoms with E-state index in [9.17, 15) is 19.8 Å². The minimum atomic E-state index is -0.937. The maximum atomic E-state index is 13.1. The molecule has 0 saturated carbocycles. The van der Waals surface area contributed by atoms with Crippen molar-refractivity contribution in [2.24, 2.45) is 5.92 Å². The zero-order valence-corrected chi connectivity index (χ0v) is 22.9. The van der Waals surface area contributed by atoms with Crippen LogP contribution in [-0.4, -0.2) is 26.9 Å². The number of nitrogens with one attached hydrogen (secondary N) is 1. The van der Waals surface area contributed by atoms with Crippen molar-refractivity contribution in [3.63, 3.8) is 0 Å². The van der Waals surface area contributed by atoms with E-state index in [2.05, 4.69) is 10.3 Å². The van der Waals surface area contributed by atoms with Gasteiger partial charge in [-0.05, 0) is 71.8 Å². The Morgan fingerprint density at radius 1 is 0.900 bits per heavy atom. The number of aliphatic hydroxyl groups is 1. The molecule has 0 aliphatic rings. The van der Waals surface area contributed by atoms with Crippen molar-refractivity contribution in [1.29, 1.82) is 0 Å². The van der Waals surface area contributed by atoms with Gasteiger partial charge in [0.25, 0.3) is 0 Å². The van der Waals surface area contributed by atoms with Gasteiger partial charge in [-0.25, -0.2) is 4.98 Å². The molecular formula is C33H30N2O4S. The molecule has 1 atom stereocenters. The Bertz CT molecular complexity index is 1640. The number of thiazole rings is 1. The fourth-order valence-corrected chi connectivity index (χ4v) is 5.73. The largest absolute Gasteiger partial charge is 0.481 e. The molecule has 5 aromatic rings. The zero-order valence-electron chi connectivity index (χ0n) is 22.1. The van der Waals surface area contributed by atoms with Gasteiger partial charge in [0.1, 0.15) is 0 Å². The maximum Gasteiger partial charge on any atom is 0.306 e. The van der Waals surface area contributed by atoms with Gasteiger partial charge in [0, 0.05) is 17.7 Å². The number of nitrogens with zero attached hydrogens (tertiary/aromatic N) is 1. The Hall–Kier alpha value is -4.33. The van der Waals surface area contributed by atoms with Crippen molar-refractivity contribution in [3.8, 4) is 11.1 Å². The summed E-state index contributed by atoms with van der Waals surface area (Å²) in [5.41, 5.74) is 7.11. The summed E-state index contributed by atoms with van der Waals surface area (Å²) in [6.07, 6.45) is 1.02. The van der Waals surface area contributed by atoms with E-state index in [1.165, 1.54) is 11.3 Å². The summed E-state index contributed by atoms with van der Waals surface area (Å²) in [6.45, 7) is 1.89. The van der Waals surface area contributed by atoms with E-state index < -0.39 is 11.9 Å². The first-order valence-corrected chi connectivity index (χ1v) is 14.0. The third-order valence-electron chi connectivity index (χ3n) is 7.04. The number of carbonyl (C=O) groups is 2. The highest BCUT2D eigenvalue weighted by Gasteiger charge is 2.23. The summed E-state index contributed by atoms with van der Waals surface area (Å²) < 4.78 is 1.02. The SMILES string of the molecule is Cc1cc(-c2ccc(Nc3nc4ccc(CO)cc4s3)cc2)ccc1C(=O)CC(CCc1ccccc1)C(=O)O. The number of hydrogen-bond donors (Lipinski definition) is 3. The number of Topliss-reactive ketones (excluding diaryl/α,β-unsaturated/α-hetero) is 1. The van der Waals surface area contributed by atoms with Crippen LogP contribution in [0.5, 0.6) is 0 Å². The number of carboxylic acids is 1. The molecule has 0 saturated heterocycles. The van der Waals surface area contributed by atoms with Gasteiger partial charge in [-0.3, -0.25) is 9.59 Å². The molecule has 1 aromatic heterocycles. The highest BCUT2D eigenvalue weighted by molar-refractivity contribution is 7.22. The molecule has 40 heavy (non-hydrogen) atoms. The summed E-state index contributed by atoms with van der Waals surface area (Å²) in [5, 5.41) is 23.2. The first-order valence-electron chi connectivity index (χ1n) is 13.2. The number of anilines is 2. The second-order valence-electron chi connectivity index (χ2n) is 9.90. The molecule has 0 fully saturated rings. The number of ketones is 1. The van der Waals surface area contributed by atoms with Gasteiger partial charge < -0.3 is 15.5 Å². The second-order valence-corrected chi connectivity index (χ2v) is 10.9. The fraction of sp³-hybridized carbons (Fsp3) is 0.182. The average molecular weight is 551 g/mol. The number of carbonyl (C=O) groups excluding carboxylic acids is 1. The van der Waals surface area contributed by atoms with E-state index in [1.54, 1.807) is 6.07 Å². The van der Waals surface area contributed by atoms with Gasteiger partial charge in [-0.15, -0.1) is 0 Å². The topological polar surface area (TPSA) is 99.5 Å². The maximum absolute atomic E-state index is 13.1. The van der Waals surface area contributed by atoms with Crippen molar-refractivity contribution in [2.75, 3.05) is 5.32 Å². The van der Waals surface area contributed by atoms with Crippen molar-refractivity contribution < 1.29 is 19.8 Å². The molecule has 0 bridgehead atoms. The average Bonchev–Trinajstić information content (AvgIpc) is 3.37. The van der Waals surface area contributed by atoms with Crippen LogP contribution in [0.2, 0.25) is 0 Å². The predicted molar refractivity (Wildman–Crippen MR) is 160 cm³/mol. The van der Waals surface area contributed by atoms with Crippen molar-refractivity contribution in [3.05, 3.63) is 113 Å². The molecule has 6 nitrogen and oxygen atoms in total. The van der Waals surface area contributed by atoms with Crippen LogP contribution in [0.1, 0.15) is 39.9 Å². The van der Waals surface area contributed by atoms with E-state index in [4.69, 9.17) is 0 Å². The summed E-state index contributed by atoms with van der Waals surface area (Å²) in [5.74, 6) is -1.81. The number of aliphatic carboxylic acids is 1. The lowest BCUT2D eigenvalue weighted by atomic mass is 9.90. The number of carboxylic acid groups (broad SMARTS) is 1. The van der Waals surface area contributed by atoms with Gasteiger partial charge in [0.05, 0.1) is 22.7 Å². The summed E-state index contributed by atoms with van der Waals surface area (Å²) in [7, 11) is 0. The highest BCUT2D eigenvalue weighted by atomic mass is 32.1. The minimum Gasteiger partial charge on any atom is -0.481 e. The Balaban J connectivity index is 1.24. The van der Waals surface area contributed by atoms with E-state index in [1.807, 2.05) is 91.9 Å². The third kappa shape index (κ3) is 6.45. The van der Waals surface area contributed by atoms with Gasteiger partial charge in [-0.1, -0.05) is 78.1 Å². The normalized spacial score (nSPS) is 11.8. The molecule has 0 aliphatic carbocycles. The monoisotopic (exact) mass is 550 g/mol. The number of aryl methyl sites for hydroxylation is 2. The number of fused-ring (bicyclic) bond motifs is 1. The molecule has 0 spiro atoms. The summed E-state index contributed by atoms with van der Waals surface area (Å²) in [6, 6.07) is 29.2. The summed E-state index contributed by atoms with van der Waals surface area (Å²) >= 11 is 1.53. The van der Waals surface area contributed by atoms with Crippen LogP contribution < -0.4 is 5.32 Å². The lowest BCUT2D eigenvalue weighted by Gasteiger charge is -2.14. The zero-order chi connectivity index (χ0) is 28.1. The fourth-order valence-electron chi connectivity index (χ4n) is 4.78. The molecule has 202 valence electrons. The number of rotatable bonds is 11. The molecule has 4 aromatic carbocycles. The Morgan fingerprint density at radius 3 is 2.35 bits per heavy atom. The molecular weight excluding hydrogens is 520 g/mol. The quantitative estimate of drug-likeness (QED) is 0.148. The Labute approximate surface area is 237 Å².